The number of halogens is 1. The van der Waals surface area contributed by atoms with E-state index in [2.05, 4.69) is 26.3 Å². The minimum atomic E-state index is -0.538. The van der Waals surface area contributed by atoms with Gasteiger partial charge in [0.15, 0.2) is 12.4 Å². The van der Waals surface area contributed by atoms with E-state index in [1.54, 1.807) is 31.3 Å². The molecule has 9 heteroatoms. The highest BCUT2D eigenvalue weighted by atomic mass is 79.9. The van der Waals surface area contributed by atoms with Crippen LogP contribution >= 0.6 is 15.9 Å². The molecule has 0 aliphatic heterocycles. The maximum absolute atomic E-state index is 12.3. The van der Waals surface area contributed by atoms with Gasteiger partial charge in [0.1, 0.15) is 11.4 Å². The first-order valence-corrected chi connectivity index (χ1v) is 8.70. The van der Waals surface area contributed by atoms with Crippen LogP contribution < -0.4 is 10.1 Å². The van der Waals surface area contributed by atoms with Crippen LogP contribution in [-0.4, -0.2) is 20.6 Å². The van der Waals surface area contributed by atoms with E-state index in [-0.39, 0.29) is 23.8 Å². The van der Waals surface area contributed by atoms with Crippen molar-refractivity contribution in [3.63, 3.8) is 0 Å². The Morgan fingerprint density at radius 3 is 2.70 bits per heavy atom. The Bertz CT molecular complexity index is 985. The van der Waals surface area contributed by atoms with Gasteiger partial charge in [-0.25, -0.2) is 4.68 Å². The second-order valence-corrected chi connectivity index (χ2v) is 6.62. The number of benzene rings is 2. The van der Waals surface area contributed by atoms with Crippen LogP contribution in [0.5, 0.6) is 5.75 Å². The molecule has 3 rings (SSSR count). The van der Waals surface area contributed by atoms with Crippen molar-refractivity contribution in [1.82, 2.24) is 9.78 Å². The number of carbonyl (C=O) groups excluding carboxylic acids is 1. The summed E-state index contributed by atoms with van der Waals surface area (Å²) in [7, 11) is 0. The van der Waals surface area contributed by atoms with Gasteiger partial charge in [-0.2, -0.15) is 5.10 Å². The molecular formula is C18H15BrN4O4. The lowest BCUT2D eigenvalue weighted by molar-refractivity contribution is -0.384. The predicted octanol–water partition coefficient (Wildman–Crippen LogP) is 4.15. The van der Waals surface area contributed by atoms with Crippen LogP contribution in [0.3, 0.4) is 0 Å². The lowest BCUT2D eigenvalue weighted by Crippen LogP contribution is -2.15. The third kappa shape index (κ3) is 4.70. The highest BCUT2D eigenvalue weighted by Gasteiger charge is 2.18. The Hall–Kier alpha value is -3.20. The number of amides is 1. The van der Waals surface area contributed by atoms with E-state index in [1.807, 2.05) is 12.1 Å². The monoisotopic (exact) mass is 430 g/mol. The van der Waals surface area contributed by atoms with Gasteiger partial charge in [0, 0.05) is 16.7 Å². The van der Waals surface area contributed by atoms with E-state index in [4.69, 9.17) is 4.74 Å². The van der Waals surface area contributed by atoms with Gasteiger partial charge in [0.25, 0.3) is 11.6 Å². The van der Waals surface area contributed by atoms with Crippen molar-refractivity contribution in [1.29, 1.82) is 0 Å². The van der Waals surface area contributed by atoms with Crippen molar-refractivity contribution in [3.8, 4) is 5.75 Å². The highest BCUT2D eigenvalue weighted by molar-refractivity contribution is 9.10. The first-order chi connectivity index (χ1) is 12.9. The minimum Gasteiger partial charge on any atom is -0.471 e. The summed E-state index contributed by atoms with van der Waals surface area (Å²) in [5.74, 6) is 0.124. The molecule has 1 N–H and O–H groups in total. The van der Waals surface area contributed by atoms with Crippen LogP contribution in [0.15, 0.2) is 59.2 Å². The zero-order valence-corrected chi connectivity index (χ0v) is 15.8. The predicted molar refractivity (Wildman–Crippen MR) is 103 cm³/mol. The molecule has 27 heavy (non-hydrogen) atoms. The molecule has 0 radical (unpaired) electrons. The number of aryl methyl sites for hydroxylation is 1. The Labute approximate surface area is 163 Å². The van der Waals surface area contributed by atoms with Crippen LogP contribution in [0.4, 0.5) is 11.4 Å². The average Bonchev–Trinajstić information content (AvgIpc) is 3.12. The topological polar surface area (TPSA) is 99.3 Å². The summed E-state index contributed by atoms with van der Waals surface area (Å²) in [4.78, 5) is 23.0. The number of nitro benzene ring substituents is 1. The van der Waals surface area contributed by atoms with Gasteiger partial charge < -0.3 is 10.1 Å². The number of hydrogen-bond donors (Lipinski definition) is 1. The summed E-state index contributed by atoms with van der Waals surface area (Å²) >= 11 is 3.35. The van der Waals surface area contributed by atoms with Gasteiger partial charge in [-0.1, -0.05) is 22.0 Å². The number of ether oxygens (including phenoxy) is 1. The Morgan fingerprint density at radius 1 is 1.26 bits per heavy atom. The van der Waals surface area contributed by atoms with E-state index < -0.39 is 10.8 Å². The summed E-state index contributed by atoms with van der Waals surface area (Å²) in [6.45, 7) is 1.87. The third-order valence-electron chi connectivity index (χ3n) is 3.65. The Kier molecular flexibility index (Phi) is 5.51. The zero-order valence-electron chi connectivity index (χ0n) is 14.3. The van der Waals surface area contributed by atoms with Gasteiger partial charge >= 0.3 is 0 Å². The first-order valence-electron chi connectivity index (χ1n) is 7.90. The Morgan fingerprint density at radius 2 is 2.00 bits per heavy atom. The molecule has 0 spiro atoms. The van der Waals surface area contributed by atoms with Crippen molar-refractivity contribution in [2.45, 2.75) is 13.7 Å². The number of nitro groups is 1. The number of hydrogen-bond acceptors (Lipinski definition) is 5. The third-order valence-corrected chi connectivity index (χ3v) is 4.18. The normalized spacial score (nSPS) is 10.4. The molecule has 0 aliphatic rings. The van der Waals surface area contributed by atoms with E-state index in [1.165, 1.54) is 22.9 Å². The number of anilines is 1. The number of nitrogens with one attached hydrogen (secondary N) is 1. The lowest BCUT2D eigenvalue weighted by Gasteiger charge is -2.06. The molecule has 138 valence electrons. The second-order valence-electron chi connectivity index (χ2n) is 5.70. The zero-order chi connectivity index (χ0) is 19.4. The molecule has 0 fully saturated rings. The molecular weight excluding hydrogens is 416 g/mol. The molecule has 0 aliphatic carbocycles. The van der Waals surface area contributed by atoms with E-state index in [9.17, 15) is 14.9 Å². The van der Waals surface area contributed by atoms with Gasteiger partial charge in [0.2, 0.25) is 0 Å². The Balaban J connectivity index is 1.66. The van der Waals surface area contributed by atoms with Crippen LogP contribution in [-0.2, 0) is 6.73 Å². The summed E-state index contributed by atoms with van der Waals surface area (Å²) in [6.07, 6.45) is 1.59. The number of nitrogens with zero attached hydrogens (tertiary/aromatic N) is 3. The highest BCUT2D eigenvalue weighted by Crippen LogP contribution is 2.25. The molecule has 0 saturated carbocycles. The lowest BCUT2D eigenvalue weighted by atomic mass is 10.2. The van der Waals surface area contributed by atoms with Gasteiger partial charge in [-0.15, -0.1) is 0 Å². The molecule has 8 nitrogen and oxygen atoms in total. The average molecular weight is 431 g/mol. The van der Waals surface area contributed by atoms with Crippen LogP contribution in [0.25, 0.3) is 0 Å². The molecule has 1 heterocycles. The van der Waals surface area contributed by atoms with Crippen LogP contribution in [0, 0.1) is 17.0 Å². The maximum Gasteiger partial charge on any atom is 0.293 e. The van der Waals surface area contributed by atoms with Crippen LogP contribution in [0.2, 0.25) is 0 Å². The maximum atomic E-state index is 12.3. The summed E-state index contributed by atoms with van der Waals surface area (Å²) in [5, 5.41) is 17.8. The molecule has 0 unspecified atom stereocenters. The summed E-state index contributed by atoms with van der Waals surface area (Å²) in [5.41, 5.74) is 0.816. The quantitative estimate of drug-likeness (QED) is 0.467. The van der Waals surface area contributed by atoms with Crippen molar-refractivity contribution in [2.24, 2.45) is 0 Å². The van der Waals surface area contributed by atoms with Gasteiger partial charge in [0.05, 0.1) is 4.92 Å². The molecule has 2 aromatic carbocycles. The minimum absolute atomic E-state index is 0.122. The van der Waals surface area contributed by atoms with Crippen molar-refractivity contribution in [3.05, 3.63) is 80.6 Å². The largest absolute Gasteiger partial charge is 0.471 e. The fraction of sp³-hybridized carbons (Fsp3) is 0.111. The molecule has 0 bridgehead atoms. The first kappa shape index (κ1) is 18.6. The molecule has 3 aromatic rings. The van der Waals surface area contributed by atoms with E-state index in [0.717, 1.165) is 10.0 Å². The fourth-order valence-electron chi connectivity index (χ4n) is 2.31. The summed E-state index contributed by atoms with van der Waals surface area (Å²) in [6, 6.07) is 13.4. The van der Waals surface area contributed by atoms with E-state index >= 15 is 0 Å². The van der Waals surface area contributed by atoms with Crippen molar-refractivity contribution < 1.29 is 14.5 Å². The van der Waals surface area contributed by atoms with Crippen molar-refractivity contribution in [2.75, 3.05) is 5.32 Å². The molecule has 1 aromatic heterocycles. The molecule has 1 amide bonds. The van der Waals surface area contributed by atoms with Gasteiger partial charge in [-0.3, -0.25) is 14.9 Å². The SMILES string of the molecule is Cc1ccc(NC(=O)c2ccn(COc3ccc(Br)cc3)n2)c([N+](=O)[O-])c1. The fourth-order valence-corrected chi connectivity index (χ4v) is 2.58. The number of aromatic nitrogens is 2. The molecule has 0 saturated heterocycles. The number of carbonyl (C=O) groups is 1. The number of rotatable bonds is 6. The second kappa shape index (κ2) is 8.00. The molecule has 0 atom stereocenters. The van der Waals surface area contributed by atoms with Crippen molar-refractivity contribution >= 4 is 33.2 Å². The van der Waals surface area contributed by atoms with Gasteiger partial charge in [-0.05, 0) is 48.9 Å². The smallest absolute Gasteiger partial charge is 0.293 e. The van der Waals surface area contributed by atoms with Crippen LogP contribution in [0.1, 0.15) is 16.1 Å². The van der Waals surface area contributed by atoms with E-state index in [0.29, 0.717) is 5.75 Å². The standard InChI is InChI=1S/C18H15BrN4O4/c1-12-2-7-15(17(10-12)23(25)26)20-18(24)16-8-9-22(21-16)11-27-14-5-3-13(19)4-6-14/h2-10H,11H2,1H3,(H,20,24). The summed E-state index contributed by atoms with van der Waals surface area (Å²) < 4.78 is 7.98.